The summed E-state index contributed by atoms with van der Waals surface area (Å²) in [4.78, 5) is 0. The first-order valence-electron chi connectivity index (χ1n) is 5.96. The van der Waals surface area contributed by atoms with Crippen molar-refractivity contribution in [2.24, 2.45) is 0 Å². The smallest absolute Gasteiger partial charge is 0.122 e. The van der Waals surface area contributed by atoms with E-state index >= 15 is 0 Å². The Kier molecular flexibility index (Phi) is 4.19. The van der Waals surface area contributed by atoms with Crippen LogP contribution in [0.5, 0.6) is 5.75 Å². The van der Waals surface area contributed by atoms with E-state index in [1.165, 1.54) is 11.1 Å². The minimum absolute atomic E-state index is 0.255. The fourth-order valence-electron chi connectivity index (χ4n) is 1.96. The normalized spacial score (nSPS) is 14.3. The van der Waals surface area contributed by atoms with Gasteiger partial charge in [0.05, 0.1) is 6.61 Å². The quantitative estimate of drug-likeness (QED) is 0.740. The fourth-order valence-corrected chi connectivity index (χ4v) is 1.96. The van der Waals surface area contributed by atoms with Gasteiger partial charge in [0.1, 0.15) is 5.75 Å². The third-order valence-electron chi connectivity index (χ3n) is 2.81. The Labute approximate surface area is 96.4 Å². The molecule has 1 aromatic rings. The summed E-state index contributed by atoms with van der Waals surface area (Å²) in [6, 6.07) is 6.40. The molecule has 1 aromatic carbocycles. The minimum Gasteiger partial charge on any atom is -0.493 e. The molecular formula is C13H19NO2. The molecule has 2 rings (SSSR count). The van der Waals surface area contributed by atoms with E-state index < -0.39 is 0 Å². The van der Waals surface area contributed by atoms with E-state index in [4.69, 9.17) is 9.84 Å². The summed E-state index contributed by atoms with van der Waals surface area (Å²) in [6.07, 6.45) is 3.06. The van der Waals surface area contributed by atoms with Gasteiger partial charge in [-0.15, -0.1) is 0 Å². The summed E-state index contributed by atoms with van der Waals surface area (Å²) < 4.78 is 5.57. The Bertz CT molecular complexity index is 339. The maximum absolute atomic E-state index is 8.67. The van der Waals surface area contributed by atoms with E-state index in [9.17, 15) is 0 Å². The molecule has 1 aliphatic rings. The molecule has 1 aliphatic heterocycles. The highest BCUT2D eigenvalue weighted by Gasteiger charge is 2.09. The van der Waals surface area contributed by atoms with Crippen molar-refractivity contribution in [3.05, 3.63) is 29.3 Å². The minimum atomic E-state index is 0.255. The molecule has 0 atom stereocenters. The standard InChI is InChI=1S/C13H19NO2/c15-7-2-6-14-10-11-4-5-13-12(9-11)3-1-8-16-13/h4-5,9,14-15H,1-3,6-8,10H2. The number of benzene rings is 1. The van der Waals surface area contributed by atoms with E-state index in [1.54, 1.807) is 0 Å². The van der Waals surface area contributed by atoms with Crippen LogP contribution in [0.3, 0.4) is 0 Å². The maximum Gasteiger partial charge on any atom is 0.122 e. The van der Waals surface area contributed by atoms with Crippen LogP contribution in [-0.4, -0.2) is 24.9 Å². The first-order valence-corrected chi connectivity index (χ1v) is 5.96. The Balaban J connectivity index is 1.90. The molecule has 0 saturated carbocycles. The molecule has 0 aliphatic carbocycles. The van der Waals surface area contributed by atoms with Crippen molar-refractivity contribution in [3.8, 4) is 5.75 Å². The van der Waals surface area contributed by atoms with E-state index in [0.717, 1.165) is 44.7 Å². The maximum atomic E-state index is 8.67. The zero-order chi connectivity index (χ0) is 11.2. The molecule has 3 nitrogen and oxygen atoms in total. The molecule has 0 radical (unpaired) electrons. The van der Waals surface area contributed by atoms with Crippen molar-refractivity contribution >= 4 is 0 Å². The molecule has 0 saturated heterocycles. The van der Waals surface area contributed by atoms with Crippen molar-refractivity contribution in [1.29, 1.82) is 0 Å². The van der Waals surface area contributed by atoms with E-state index in [-0.39, 0.29) is 6.61 Å². The first kappa shape index (κ1) is 11.4. The predicted octanol–water partition coefficient (Wildman–Crippen LogP) is 1.48. The molecule has 0 amide bonds. The number of aryl methyl sites for hydroxylation is 1. The van der Waals surface area contributed by atoms with Gasteiger partial charge in [0, 0.05) is 13.2 Å². The molecule has 88 valence electrons. The summed E-state index contributed by atoms with van der Waals surface area (Å²) in [5.41, 5.74) is 2.62. The Hall–Kier alpha value is -1.06. The average Bonchev–Trinajstić information content (AvgIpc) is 2.34. The van der Waals surface area contributed by atoms with Gasteiger partial charge in [-0.1, -0.05) is 12.1 Å². The van der Waals surface area contributed by atoms with Gasteiger partial charge in [0.25, 0.3) is 0 Å². The van der Waals surface area contributed by atoms with Gasteiger partial charge in [-0.05, 0) is 43.0 Å². The molecular weight excluding hydrogens is 202 g/mol. The SMILES string of the molecule is OCCCNCc1ccc2c(c1)CCCO2. The van der Waals surface area contributed by atoms with Gasteiger partial charge >= 0.3 is 0 Å². The predicted molar refractivity (Wildman–Crippen MR) is 63.7 cm³/mol. The number of hydrogen-bond acceptors (Lipinski definition) is 3. The van der Waals surface area contributed by atoms with Crippen LogP contribution in [0, 0.1) is 0 Å². The molecule has 0 aromatic heterocycles. The van der Waals surface area contributed by atoms with E-state index in [1.807, 2.05) is 0 Å². The average molecular weight is 221 g/mol. The van der Waals surface area contributed by atoms with Crippen LogP contribution in [0.1, 0.15) is 24.0 Å². The van der Waals surface area contributed by atoms with Crippen LogP contribution >= 0.6 is 0 Å². The van der Waals surface area contributed by atoms with Crippen LogP contribution in [0.15, 0.2) is 18.2 Å². The Morgan fingerprint density at radius 2 is 2.31 bits per heavy atom. The monoisotopic (exact) mass is 221 g/mol. The molecule has 16 heavy (non-hydrogen) atoms. The zero-order valence-electron chi connectivity index (χ0n) is 9.54. The lowest BCUT2D eigenvalue weighted by atomic mass is 10.0. The third-order valence-corrected chi connectivity index (χ3v) is 2.81. The third kappa shape index (κ3) is 2.97. The topological polar surface area (TPSA) is 41.5 Å². The molecule has 0 bridgehead atoms. The number of fused-ring (bicyclic) bond motifs is 1. The molecule has 0 spiro atoms. The summed E-state index contributed by atoms with van der Waals surface area (Å²) >= 11 is 0. The van der Waals surface area contributed by atoms with Crippen molar-refractivity contribution in [2.75, 3.05) is 19.8 Å². The van der Waals surface area contributed by atoms with Crippen LogP contribution in [0.2, 0.25) is 0 Å². The van der Waals surface area contributed by atoms with Crippen molar-refractivity contribution in [2.45, 2.75) is 25.8 Å². The molecule has 3 heteroatoms. The first-order chi connectivity index (χ1) is 7.90. The zero-order valence-corrected chi connectivity index (χ0v) is 9.54. The summed E-state index contributed by atoms with van der Waals surface area (Å²) in [5, 5.41) is 12.0. The lowest BCUT2D eigenvalue weighted by Crippen LogP contribution is -2.16. The Morgan fingerprint density at radius 1 is 1.38 bits per heavy atom. The highest BCUT2D eigenvalue weighted by Crippen LogP contribution is 2.25. The van der Waals surface area contributed by atoms with Crippen LogP contribution in [0.4, 0.5) is 0 Å². The number of aliphatic hydroxyl groups is 1. The fraction of sp³-hybridized carbons (Fsp3) is 0.538. The lowest BCUT2D eigenvalue weighted by molar-refractivity contribution is 0.285. The largest absolute Gasteiger partial charge is 0.493 e. The Morgan fingerprint density at radius 3 is 3.19 bits per heavy atom. The highest BCUT2D eigenvalue weighted by atomic mass is 16.5. The summed E-state index contributed by atoms with van der Waals surface area (Å²) in [6.45, 7) is 2.84. The van der Waals surface area contributed by atoms with Gasteiger partial charge in [-0.2, -0.15) is 0 Å². The second-order valence-electron chi connectivity index (χ2n) is 4.15. The number of ether oxygens (including phenoxy) is 1. The molecule has 0 fully saturated rings. The molecule has 2 N–H and O–H groups in total. The van der Waals surface area contributed by atoms with Gasteiger partial charge in [0.15, 0.2) is 0 Å². The van der Waals surface area contributed by atoms with Gasteiger partial charge < -0.3 is 15.2 Å². The summed E-state index contributed by atoms with van der Waals surface area (Å²) in [7, 11) is 0. The number of rotatable bonds is 5. The van der Waals surface area contributed by atoms with Gasteiger partial charge in [0.2, 0.25) is 0 Å². The number of hydrogen-bond donors (Lipinski definition) is 2. The van der Waals surface area contributed by atoms with E-state index in [0.29, 0.717) is 0 Å². The van der Waals surface area contributed by atoms with Crippen molar-refractivity contribution in [3.63, 3.8) is 0 Å². The second-order valence-corrected chi connectivity index (χ2v) is 4.15. The van der Waals surface area contributed by atoms with Crippen molar-refractivity contribution < 1.29 is 9.84 Å². The van der Waals surface area contributed by atoms with Gasteiger partial charge in [-0.3, -0.25) is 0 Å². The molecule has 0 unspecified atom stereocenters. The number of aliphatic hydroxyl groups excluding tert-OH is 1. The molecule has 1 heterocycles. The van der Waals surface area contributed by atoms with Crippen LogP contribution < -0.4 is 10.1 Å². The van der Waals surface area contributed by atoms with Crippen molar-refractivity contribution in [1.82, 2.24) is 5.32 Å². The van der Waals surface area contributed by atoms with Gasteiger partial charge in [-0.25, -0.2) is 0 Å². The lowest BCUT2D eigenvalue weighted by Gasteiger charge is -2.18. The van der Waals surface area contributed by atoms with E-state index in [2.05, 4.69) is 23.5 Å². The van der Waals surface area contributed by atoms with Crippen LogP contribution in [0.25, 0.3) is 0 Å². The highest BCUT2D eigenvalue weighted by molar-refractivity contribution is 5.38. The second kappa shape index (κ2) is 5.87. The number of nitrogens with one attached hydrogen (secondary N) is 1. The summed E-state index contributed by atoms with van der Waals surface area (Å²) in [5.74, 6) is 1.05. The van der Waals surface area contributed by atoms with Crippen LogP contribution in [-0.2, 0) is 13.0 Å².